The Bertz CT molecular complexity index is 330. The van der Waals surface area contributed by atoms with Crippen molar-refractivity contribution in [3.8, 4) is 0 Å². The molecule has 0 saturated heterocycles. The van der Waals surface area contributed by atoms with Crippen molar-refractivity contribution < 1.29 is 0 Å². The molecule has 0 radical (unpaired) electrons. The molecule has 0 amide bonds. The van der Waals surface area contributed by atoms with E-state index in [-0.39, 0.29) is 0 Å². The largest absolute Gasteiger partial charge is 0.312 e. The van der Waals surface area contributed by atoms with Crippen LogP contribution in [0.1, 0.15) is 31.9 Å². The van der Waals surface area contributed by atoms with Crippen LogP contribution < -0.4 is 5.32 Å². The number of nitrogens with one attached hydrogen (secondary N) is 1. The summed E-state index contributed by atoms with van der Waals surface area (Å²) in [5, 5.41) is 3.51. The van der Waals surface area contributed by atoms with Gasteiger partial charge >= 0.3 is 0 Å². The number of hydrogen-bond acceptors (Lipinski definition) is 1. The zero-order valence-corrected chi connectivity index (χ0v) is 9.30. The van der Waals surface area contributed by atoms with Gasteiger partial charge in [-0.15, -0.1) is 0 Å². The summed E-state index contributed by atoms with van der Waals surface area (Å²) in [7, 11) is 0. The number of fused-ring (bicyclic) bond motifs is 1. The van der Waals surface area contributed by atoms with Gasteiger partial charge in [-0.2, -0.15) is 0 Å². The van der Waals surface area contributed by atoms with Crippen molar-refractivity contribution in [3.05, 3.63) is 35.4 Å². The summed E-state index contributed by atoms with van der Waals surface area (Å²) in [6, 6.07) is 8.82. The van der Waals surface area contributed by atoms with E-state index < -0.39 is 0 Å². The Labute approximate surface area is 86.5 Å². The van der Waals surface area contributed by atoms with E-state index in [0.717, 1.165) is 13.1 Å². The molecular weight excluding hydrogens is 170 g/mol. The Morgan fingerprint density at radius 2 is 2.00 bits per heavy atom. The van der Waals surface area contributed by atoms with E-state index >= 15 is 0 Å². The molecule has 0 saturated carbocycles. The predicted octanol–water partition coefficient (Wildman–Crippen LogP) is 2.70. The van der Waals surface area contributed by atoms with E-state index in [2.05, 4.69) is 50.4 Å². The van der Waals surface area contributed by atoms with Crippen molar-refractivity contribution in [2.75, 3.05) is 6.54 Å². The number of hydrogen-bond donors (Lipinski definition) is 1. The summed E-state index contributed by atoms with van der Waals surface area (Å²) in [5.41, 5.74) is 3.30. The second-order valence-electron chi connectivity index (χ2n) is 4.83. The van der Waals surface area contributed by atoms with E-state index in [0.29, 0.717) is 11.3 Å². The molecule has 1 unspecified atom stereocenters. The summed E-state index contributed by atoms with van der Waals surface area (Å²) >= 11 is 0. The number of benzene rings is 1. The molecule has 76 valence electrons. The highest BCUT2D eigenvalue weighted by molar-refractivity contribution is 5.36. The third-order valence-corrected chi connectivity index (χ3v) is 3.71. The molecule has 1 heterocycles. The van der Waals surface area contributed by atoms with Crippen molar-refractivity contribution in [2.45, 2.75) is 32.7 Å². The van der Waals surface area contributed by atoms with Crippen LogP contribution in [0.5, 0.6) is 0 Å². The van der Waals surface area contributed by atoms with Gasteiger partial charge in [0, 0.05) is 18.5 Å². The molecule has 1 aliphatic heterocycles. The Balaban J connectivity index is 2.50. The molecule has 0 spiro atoms. The molecule has 1 nitrogen and oxygen atoms in total. The summed E-state index contributed by atoms with van der Waals surface area (Å²) in [6.45, 7) is 9.11. The highest BCUT2D eigenvalue weighted by atomic mass is 14.9. The van der Waals surface area contributed by atoms with Crippen molar-refractivity contribution in [2.24, 2.45) is 5.92 Å². The quantitative estimate of drug-likeness (QED) is 0.716. The molecular formula is C13H19N. The molecule has 1 N–H and O–H groups in total. The van der Waals surface area contributed by atoms with Gasteiger partial charge in [-0.05, 0) is 17.0 Å². The third kappa shape index (κ3) is 1.36. The van der Waals surface area contributed by atoms with Gasteiger partial charge in [0.05, 0.1) is 0 Å². The fraction of sp³-hybridized carbons (Fsp3) is 0.538. The molecule has 14 heavy (non-hydrogen) atoms. The second-order valence-corrected chi connectivity index (χ2v) is 4.83. The zero-order valence-electron chi connectivity index (χ0n) is 9.30. The maximum atomic E-state index is 3.51. The van der Waals surface area contributed by atoms with Crippen molar-refractivity contribution >= 4 is 0 Å². The highest BCUT2D eigenvalue weighted by Gasteiger charge is 2.34. The van der Waals surface area contributed by atoms with Crippen LogP contribution in [0.3, 0.4) is 0 Å². The molecule has 0 aromatic heterocycles. The van der Waals surface area contributed by atoms with E-state index in [9.17, 15) is 0 Å². The van der Waals surface area contributed by atoms with E-state index in [1.54, 1.807) is 0 Å². The van der Waals surface area contributed by atoms with Crippen LogP contribution >= 0.6 is 0 Å². The second kappa shape index (κ2) is 3.39. The monoisotopic (exact) mass is 189 g/mol. The first kappa shape index (κ1) is 9.72. The van der Waals surface area contributed by atoms with Crippen LogP contribution in [0.2, 0.25) is 0 Å². The minimum Gasteiger partial charge on any atom is -0.312 e. The Hall–Kier alpha value is -0.820. The summed E-state index contributed by atoms with van der Waals surface area (Å²) in [5.74, 6) is 0.677. The first-order chi connectivity index (χ1) is 6.64. The van der Waals surface area contributed by atoms with Crippen molar-refractivity contribution in [1.82, 2.24) is 5.32 Å². The first-order valence-electron chi connectivity index (χ1n) is 5.43. The molecule has 1 aromatic carbocycles. The van der Waals surface area contributed by atoms with Gasteiger partial charge in [0.1, 0.15) is 0 Å². The fourth-order valence-electron chi connectivity index (χ4n) is 2.30. The lowest BCUT2D eigenvalue weighted by Gasteiger charge is -2.40. The van der Waals surface area contributed by atoms with Crippen LogP contribution in [0.4, 0.5) is 0 Å². The number of rotatable bonds is 1. The van der Waals surface area contributed by atoms with Gasteiger partial charge in [-0.1, -0.05) is 45.0 Å². The molecule has 2 rings (SSSR count). The Morgan fingerprint density at radius 3 is 2.71 bits per heavy atom. The van der Waals surface area contributed by atoms with E-state index in [1.807, 2.05) is 0 Å². The lowest BCUT2D eigenvalue weighted by atomic mass is 9.70. The lowest BCUT2D eigenvalue weighted by molar-refractivity contribution is 0.300. The maximum absolute atomic E-state index is 3.51. The van der Waals surface area contributed by atoms with Crippen molar-refractivity contribution in [3.63, 3.8) is 0 Å². The lowest BCUT2D eigenvalue weighted by Crippen LogP contribution is -2.44. The Kier molecular flexibility index (Phi) is 2.36. The van der Waals surface area contributed by atoms with Gasteiger partial charge in [0.25, 0.3) is 0 Å². The van der Waals surface area contributed by atoms with Gasteiger partial charge in [0.15, 0.2) is 0 Å². The standard InChI is InChI=1S/C13H19N/c1-10(2)13(3)9-14-8-11-6-4-5-7-12(11)13/h4-7,10,14H,8-9H2,1-3H3. The van der Waals surface area contributed by atoms with Crippen LogP contribution in [0.25, 0.3) is 0 Å². The minimum absolute atomic E-state index is 0.300. The minimum atomic E-state index is 0.300. The average molecular weight is 189 g/mol. The molecule has 1 heteroatoms. The molecule has 0 fully saturated rings. The third-order valence-electron chi connectivity index (χ3n) is 3.71. The normalized spacial score (nSPS) is 26.3. The van der Waals surface area contributed by atoms with Gasteiger partial charge in [-0.3, -0.25) is 0 Å². The summed E-state index contributed by atoms with van der Waals surface area (Å²) < 4.78 is 0. The average Bonchev–Trinajstić information content (AvgIpc) is 2.18. The van der Waals surface area contributed by atoms with Crippen molar-refractivity contribution in [1.29, 1.82) is 0 Å². The molecule has 1 aliphatic rings. The fourth-order valence-corrected chi connectivity index (χ4v) is 2.30. The SMILES string of the molecule is CC(C)C1(C)CNCc2ccccc21. The highest BCUT2D eigenvalue weighted by Crippen LogP contribution is 2.35. The van der Waals surface area contributed by atoms with E-state index in [4.69, 9.17) is 0 Å². The van der Waals surface area contributed by atoms with Gasteiger partial charge < -0.3 is 5.32 Å². The summed E-state index contributed by atoms with van der Waals surface area (Å²) in [4.78, 5) is 0. The van der Waals surface area contributed by atoms with Gasteiger partial charge in [0.2, 0.25) is 0 Å². The predicted molar refractivity (Wildman–Crippen MR) is 60.3 cm³/mol. The molecule has 1 atom stereocenters. The zero-order chi connectivity index (χ0) is 10.2. The molecule has 0 bridgehead atoms. The van der Waals surface area contributed by atoms with Crippen LogP contribution in [-0.4, -0.2) is 6.54 Å². The van der Waals surface area contributed by atoms with Crippen LogP contribution in [-0.2, 0) is 12.0 Å². The summed E-state index contributed by atoms with van der Waals surface area (Å²) in [6.07, 6.45) is 0. The van der Waals surface area contributed by atoms with Gasteiger partial charge in [-0.25, -0.2) is 0 Å². The first-order valence-corrected chi connectivity index (χ1v) is 5.43. The topological polar surface area (TPSA) is 12.0 Å². The Morgan fingerprint density at radius 1 is 1.29 bits per heavy atom. The van der Waals surface area contributed by atoms with E-state index in [1.165, 1.54) is 11.1 Å². The smallest absolute Gasteiger partial charge is 0.0208 e. The molecule has 1 aromatic rings. The van der Waals surface area contributed by atoms with Crippen LogP contribution in [0.15, 0.2) is 24.3 Å². The van der Waals surface area contributed by atoms with Crippen LogP contribution in [0, 0.1) is 5.92 Å². The molecule has 0 aliphatic carbocycles. The maximum Gasteiger partial charge on any atom is 0.0208 e.